The van der Waals surface area contributed by atoms with Crippen molar-refractivity contribution in [1.29, 1.82) is 0 Å². The first-order valence-corrected chi connectivity index (χ1v) is 5.06. The van der Waals surface area contributed by atoms with Gasteiger partial charge in [0.25, 0.3) is 5.91 Å². The van der Waals surface area contributed by atoms with E-state index in [-0.39, 0.29) is 11.6 Å². The predicted molar refractivity (Wildman–Crippen MR) is 51.6 cm³/mol. The lowest BCUT2D eigenvalue weighted by molar-refractivity contribution is -0.116. The maximum atomic E-state index is 12.7. The van der Waals surface area contributed by atoms with Gasteiger partial charge in [-0.1, -0.05) is 0 Å². The van der Waals surface area contributed by atoms with Crippen LogP contribution in [0.1, 0.15) is 29.8 Å². The van der Waals surface area contributed by atoms with Crippen LogP contribution >= 0.6 is 0 Å². The van der Waals surface area contributed by atoms with E-state index in [4.69, 9.17) is 4.84 Å². The van der Waals surface area contributed by atoms with Gasteiger partial charge in [0.2, 0.25) is 0 Å². The van der Waals surface area contributed by atoms with Crippen molar-refractivity contribution >= 4 is 5.91 Å². The molecule has 0 aliphatic carbocycles. The molecule has 0 bridgehead atoms. The largest absolute Gasteiger partial charge is 0.354 e. The minimum absolute atomic E-state index is 0.231. The Morgan fingerprint density at radius 1 is 1.47 bits per heavy atom. The van der Waals surface area contributed by atoms with E-state index >= 15 is 0 Å². The van der Waals surface area contributed by atoms with Crippen molar-refractivity contribution in [1.82, 2.24) is 10.0 Å². The van der Waals surface area contributed by atoms with Crippen LogP contribution in [0.25, 0.3) is 0 Å². The number of amides is 1. The smallest absolute Gasteiger partial charge is 0.293 e. The van der Waals surface area contributed by atoms with Crippen molar-refractivity contribution in [3.63, 3.8) is 0 Å². The van der Waals surface area contributed by atoms with E-state index in [0.717, 1.165) is 25.5 Å². The van der Waals surface area contributed by atoms with Crippen LogP contribution in [-0.2, 0) is 4.84 Å². The number of carbonyl (C=O) groups is 1. The van der Waals surface area contributed by atoms with Gasteiger partial charge in [-0.15, -0.1) is 0 Å². The number of carbonyl (C=O) groups excluding carboxylic acids is 1. The number of aromatic nitrogens is 1. The second-order valence-corrected chi connectivity index (χ2v) is 3.53. The van der Waals surface area contributed by atoms with E-state index < -0.39 is 5.82 Å². The van der Waals surface area contributed by atoms with Crippen LogP contribution in [0.5, 0.6) is 0 Å². The topological polar surface area (TPSA) is 45.3 Å². The van der Waals surface area contributed by atoms with Gasteiger partial charge in [-0.2, -0.15) is 0 Å². The Hall–Kier alpha value is -1.36. The maximum absolute atomic E-state index is 12.7. The minimum atomic E-state index is -0.437. The van der Waals surface area contributed by atoms with Crippen LogP contribution in [-0.4, -0.2) is 29.1 Å². The zero-order chi connectivity index (χ0) is 10.7. The number of hydrogen-bond acceptors (Lipinski definition) is 2. The van der Waals surface area contributed by atoms with Crippen LogP contribution in [0.4, 0.5) is 4.39 Å². The summed E-state index contributed by atoms with van der Waals surface area (Å²) in [5.74, 6) is -0.742. The summed E-state index contributed by atoms with van der Waals surface area (Å²) in [7, 11) is 0. The molecule has 82 valence electrons. The van der Waals surface area contributed by atoms with E-state index in [1.807, 2.05) is 0 Å². The summed E-state index contributed by atoms with van der Waals surface area (Å²) in [4.78, 5) is 19.6. The van der Waals surface area contributed by atoms with Crippen LogP contribution in [0.2, 0.25) is 0 Å². The summed E-state index contributed by atoms with van der Waals surface area (Å²) in [6, 6.07) is 1.18. The summed E-state index contributed by atoms with van der Waals surface area (Å²) >= 11 is 0. The Bertz CT molecular complexity index is 343. The van der Waals surface area contributed by atoms with Crippen molar-refractivity contribution in [3.8, 4) is 0 Å². The molecule has 1 fully saturated rings. The lowest BCUT2D eigenvalue weighted by Gasteiger charge is -2.18. The molecule has 2 rings (SSSR count). The van der Waals surface area contributed by atoms with Crippen LogP contribution in [0.15, 0.2) is 12.3 Å². The Labute approximate surface area is 87.0 Å². The molecule has 15 heavy (non-hydrogen) atoms. The van der Waals surface area contributed by atoms with Crippen LogP contribution < -0.4 is 0 Å². The van der Waals surface area contributed by atoms with Gasteiger partial charge in [0.15, 0.2) is 0 Å². The SMILES string of the molecule is O=C(c1cc(F)c[nH]1)N1CCCCCO1. The molecule has 1 amide bonds. The van der Waals surface area contributed by atoms with Gasteiger partial charge < -0.3 is 4.98 Å². The summed E-state index contributed by atoms with van der Waals surface area (Å²) < 4.78 is 12.7. The molecule has 0 unspecified atom stereocenters. The molecule has 0 atom stereocenters. The van der Waals surface area contributed by atoms with E-state index in [0.29, 0.717) is 13.2 Å². The molecule has 2 heterocycles. The molecule has 1 aliphatic heterocycles. The van der Waals surface area contributed by atoms with Gasteiger partial charge in [0.05, 0.1) is 6.61 Å². The number of hydrogen-bond donors (Lipinski definition) is 1. The van der Waals surface area contributed by atoms with Crippen molar-refractivity contribution in [2.45, 2.75) is 19.3 Å². The van der Waals surface area contributed by atoms with Gasteiger partial charge in [0.1, 0.15) is 11.5 Å². The number of hydroxylamine groups is 2. The first kappa shape index (κ1) is 10.2. The number of nitrogens with one attached hydrogen (secondary N) is 1. The predicted octanol–water partition coefficient (Wildman–Crippen LogP) is 1.71. The number of aromatic amines is 1. The van der Waals surface area contributed by atoms with Gasteiger partial charge in [-0.05, 0) is 19.3 Å². The Kier molecular flexibility index (Phi) is 3.01. The Balaban J connectivity index is 2.06. The van der Waals surface area contributed by atoms with Crippen LogP contribution in [0.3, 0.4) is 0 Å². The number of H-pyrrole nitrogens is 1. The monoisotopic (exact) mass is 212 g/mol. The normalized spacial score (nSPS) is 17.5. The standard InChI is InChI=1S/C10H13FN2O2/c11-8-6-9(12-7-8)10(14)13-4-2-1-3-5-15-13/h6-7,12H,1-5H2. The fourth-order valence-electron chi connectivity index (χ4n) is 1.56. The van der Waals surface area contributed by atoms with E-state index in [1.165, 1.54) is 11.1 Å². The fourth-order valence-corrected chi connectivity index (χ4v) is 1.56. The zero-order valence-corrected chi connectivity index (χ0v) is 8.33. The number of rotatable bonds is 1. The molecule has 0 saturated carbocycles. The van der Waals surface area contributed by atoms with Gasteiger partial charge in [-0.3, -0.25) is 9.63 Å². The number of nitrogens with zero attached hydrogens (tertiary/aromatic N) is 1. The third-order valence-electron chi connectivity index (χ3n) is 2.36. The van der Waals surface area contributed by atoms with Gasteiger partial charge in [-0.25, -0.2) is 9.45 Å². The zero-order valence-electron chi connectivity index (χ0n) is 8.33. The molecule has 1 aromatic rings. The summed E-state index contributed by atoms with van der Waals surface area (Å²) in [5, 5.41) is 1.30. The first-order valence-electron chi connectivity index (χ1n) is 5.06. The first-order chi connectivity index (χ1) is 7.27. The van der Waals surface area contributed by atoms with E-state index in [2.05, 4.69) is 4.98 Å². The molecule has 1 aliphatic rings. The Morgan fingerprint density at radius 2 is 2.33 bits per heavy atom. The number of halogens is 1. The molecular formula is C10H13FN2O2. The van der Waals surface area contributed by atoms with Crippen molar-refractivity contribution < 1.29 is 14.0 Å². The molecule has 0 radical (unpaired) electrons. The minimum Gasteiger partial charge on any atom is -0.354 e. The average molecular weight is 212 g/mol. The maximum Gasteiger partial charge on any atom is 0.293 e. The molecule has 0 aromatic carbocycles. The highest BCUT2D eigenvalue weighted by molar-refractivity contribution is 5.91. The third-order valence-corrected chi connectivity index (χ3v) is 2.36. The second-order valence-electron chi connectivity index (χ2n) is 3.53. The van der Waals surface area contributed by atoms with Gasteiger partial charge >= 0.3 is 0 Å². The molecule has 1 saturated heterocycles. The van der Waals surface area contributed by atoms with Crippen molar-refractivity contribution in [3.05, 3.63) is 23.8 Å². The lowest BCUT2D eigenvalue weighted by atomic mass is 10.2. The molecular weight excluding hydrogens is 199 g/mol. The van der Waals surface area contributed by atoms with Crippen molar-refractivity contribution in [2.24, 2.45) is 0 Å². The van der Waals surface area contributed by atoms with E-state index in [1.54, 1.807) is 0 Å². The average Bonchev–Trinajstić information content (AvgIpc) is 2.53. The molecule has 1 aromatic heterocycles. The molecule has 5 heteroatoms. The van der Waals surface area contributed by atoms with Crippen LogP contribution in [0, 0.1) is 5.82 Å². The van der Waals surface area contributed by atoms with E-state index in [9.17, 15) is 9.18 Å². The molecule has 0 spiro atoms. The van der Waals surface area contributed by atoms with Gasteiger partial charge in [0, 0.05) is 18.8 Å². The highest BCUT2D eigenvalue weighted by atomic mass is 19.1. The highest BCUT2D eigenvalue weighted by Gasteiger charge is 2.19. The second kappa shape index (κ2) is 4.44. The lowest BCUT2D eigenvalue weighted by Crippen LogP contribution is -2.31. The van der Waals surface area contributed by atoms with Crippen molar-refractivity contribution in [2.75, 3.05) is 13.2 Å². The quantitative estimate of drug-likeness (QED) is 0.770. The fraction of sp³-hybridized carbons (Fsp3) is 0.500. The molecule has 1 N–H and O–H groups in total. The Morgan fingerprint density at radius 3 is 3.07 bits per heavy atom. The molecule has 4 nitrogen and oxygen atoms in total. The summed E-state index contributed by atoms with van der Waals surface area (Å²) in [6.45, 7) is 1.12. The highest BCUT2D eigenvalue weighted by Crippen LogP contribution is 2.11. The summed E-state index contributed by atoms with van der Waals surface area (Å²) in [5.41, 5.74) is 0.231. The summed E-state index contributed by atoms with van der Waals surface area (Å²) in [6.07, 6.45) is 4.10. The third kappa shape index (κ3) is 2.36.